The molecule has 1 N–H and O–H groups in total. The Morgan fingerprint density at radius 3 is 2.63 bits per heavy atom. The van der Waals surface area contributed by atoms with E-state index >= 15 is 0 Å². The van der Waals surface area contributed by atoms with Crippen molar-refractivity contribution in [1.82, 2.24) is 24.5 Å². The van der Waals surface area contributed by atoms with Crippen LogP contribution in [0, 0.1) is 18.3 Å². The third kappa shape index (κ3) is 3.21. The van der Waals surface area contributed by atoms with Crippen LogP contribution in [0.1, 0.15) is 54.1 Å². The summed E-state index contributed by atoms with van der Waals surface area (Å²) in [7, 11) is 2.17. The zero-order chi connectivity index (χ0) is 21.2. The number of quaternary nitrogens is 1. The van der Waals surface area contributed by atoms with Crippen LogP contribution in [0.5, 0.6) is 0 Å². The molecule has 1 fully saturated rings. The average molecular weight is 428 g/mol. The smallest absolute Gasteiger partial charge is 0.293 e. The summed E-state index contributed by atoms with van der Waals surface area (Å²) in [6, 6.07) is 0. The second-order valence-electron chi connectivity index (χ2n) is 10.1. The lowest BCUT2D eigenvalue weighted by Crippen LogP contribution is -3.12. The minimum Gasteiger partial charge on any atom is -0.334 e. The molecule has 30 heavy (non-hydrogen) atoms. The maximum Gasteiger partial charge on any atom is 0.293 e. The van der Waals surface area contributed by atoms with Crippen molar-refractivity contribution in [2.24, 2.45) is 11.3 Å². The number of amides is 1. The molecule has 160 valence electrons. The molecular formula is C22H31N6OS+. The number of hydrogen-bond donors (Lipinski definition) is 1. The molecule has 0 unspecified atom stereocenters. The first-order valence-corrected chi connectivity index (χ1v) is 11.8. The Morgan fingerprint density at radius 2 is 1.93 bits per heavy atom. The van der Waals surface area contributed by atoms with Gasteiger partial charge in [-0.15, -0.1) is 16.4 Å². The highest BCUT2D eigenvalue weighted by atomic mass is 32.1. The number of piperazine rings is 1. The van der Waals surface area contributed by atoms with E-state index < -0.39 is 0 Å². The molecule has 1 amide bonds. The number of rotatable bonds is 1. The lowest BCUT2D eigenvalue weighted by molar-refractivity contribution is -0.883. The van der Waals surface area contributed by atoms with E-state index in [1.807, 2.05) is 11.8 Å². The Kier molecular flexibility index (Phi) is 4.63. The van der Waals surface area contributed by atoms with Gasteiger partial charge in [-0.25, -0.2) is 9.97 Å². The molecule has 7 nitrogen and oxygen atoms in total. The van der Waals surface area contributed by atoms with Gasteiger partial charge in [0.15, 0.2) is 5.65 Å². The fourth-order valence-corrected chi connectivity index (χ4v) is 6.18. The molecule has 0 saturated carbocycles. The number of carbonyl (C=O) groups excluding carboxylic acids is 1. The van der Waals surface area contributed by atoms with Gasteiger partial charge < -0.3 is 9.80 Å². The molecule has 1 atom stereocenters. The van der Waals surface area contributed by atoms with Gasteiger partial charge in [-0.3, -0.25) is 4.79 Å². The van der Waals surface area contributed by atoms with Gasteiger partial charge in [0, 0.05) is 4.88 Å². The van der Waals surface area contributed by atoms with E-state index in [0.29, 0.717) is 17.2 Å². The van der Waals surface area contributed by atoms with Crippen molar-refractivity contribution in [1.29, 1.82) is 0 Å². The highest BCUT2D eigenvalue weighted by Gasteiger charge is 2.33. The van der Waals surface area contributed by atoms with Gasteiger partial charge in [-0.05, 0) is 43.1 Å². The summed E-state index contributed by atoms with van der Waals surface area (Å²) < 4.78 is 1.78. The molecule has 8 heteroatoms. The molecule has 0 radical (unpaired) electrons. The van der Waals surface area contributed by atoms with E-state index in [4.69, 9.17) is 9.97 Å². The Hall–Kier alpha value is -2.06. The van der Waals surface area contributed by atoms with E-state index in [0.717, 1.165) is 60.7 Å². The van der Waals surface area contributed by atoms with Crippen molar-refractivity contribution in [3.63, 3.8) is 0 Å². The van der Waals surface area contributed by atoms with Crippen molar-refractivity contribution in [2.75, 3.05) is 33.2 Å². The van der Waals surface area contributed by atoms with E-state index in [1.54, 1.807) is 15.9 Å². The van der Waals surface area contributed by atoms with Crippen LogP contribution in [-0.2, 0) is 12.8 Å². The zero-order valence-electron chi connectivity index (χ0n) is 18.6. The summed E-state index contributed by atoms with van der Waals surface area (Å²) in [5.41, 5.74) is 2.49. The molecule has 2 aliphatic rings. The molecule has 4 heterocycles. The standard InChI is InChI=1S/C22H30N6OS/c1-13-23-20-17(15-7-6-14(22(2,3)4)12-16(15)30-20)19-24-18(25-28(13)19)21(29)27-10-8-26(5)9-11-27/h14H,6-12H2,1-5H3/p+1/t14-/m1/s1. The first kappa shape index (κ1) is 19.9. The SMILES string of the molecule is Cc1nc2sc3c(c2c2nc(C(=O)N4CC[NH+](C)CC4)nn12)CC[C@@H](C(C)(C)C)C3. The Labute approximate surface area is 181 Å². The van der Waals surface area contributed by atoms with E-state index in [1.165, 1.54) is 21.8 Å². The van der Waals surface area contributed by atoms with Crippen molar-refractivity contribution in [3.8, 4) is 0 Å². The third-order valence-electron chi connectivity index (χ3n) is 6.97. The van der Waals surface area contributed by atoms with E-state index in [9.17, 15) is 4.79 Å². The predicted molar refractivity (Wildman–Crippen MR) is 118 cm³/mol. The van der Waals surface area contributed by atoms with Crippen molar-refractivity contribution >= 4 is 33.1 Å². The zero-order valence-corrected chi connectivity index (χ0v) is 19.4. The molecule has 1 aliphatic carbocycles. The van der Waals surface area contributed by atoms with Crippen molar-refractivity contribution in [3.05, 3.63) is 22.1 Å². The van der Waals surface area contributed by atoms with Crippen LogP contribution in [0.2, 0.25) is 0 Å². The first-order chi connectivity index (χ1) is 14.2. The van der Waals surface area contributed by atoms with Gasteiger partial charge in [0.2, 0.25) is 5.82 Å². The number of aryl methyl sites for hydroxylation is 2. The summed E-state index contributed by atoms with van der Waals surface area (Å²) in [5.74, 6) is 1.72. The topological polar surface area (TPSA) is 67.8 Å². The Bertz CT molecular complexity index is 1130. The molecule has 1 saturated heterocycles. The van der Waals surface area contributed by atoms with E-state index in [-0.39, 0.29) is 5.91 Å². The lowest BCUT2D eigenvalue weighted by atomic mass is 9.72. The Balaban J connectivity index is 1.57. The quantitative estimate of drug-likeness (QED) is 0.643. The number of hydrogen-bond acceptors (Lipinski definition) is 5. The molecule has 0 aromatic carbocycles. The van der Waals surface area contributed by atoms with Crippen LogP contribution in [0.15, 0.2) is 0 Å². The van der Waals surface area contributed by atoms with Crippen molar-refractivity contribution in [2.45, 2.75) is 47.0 Å². The van der Waals surface area contributed by atoms with Gasteiger partial charge in [0.1, 0.15) is 10.7 Å². The fraction of sp³-hybridized carbons (Fsp3) is 0.636. The highest BCUT2D eigenvalue weighted by molar-refractivity contribution is 7.19. The van der Waals surface area contributed by atoms with Crippen LogP contribution in [0.4, 0.5) is 0 Å². The molecule has 0 spiro atoms. The van der Waals surface area contributed by atoms with Gasteiger partial charge in [0.25, 0.3) is 5.91 Å². The second kappa shape index (κ2) is 6.99. The average Bonchev–Trinajstić information content (AvgIpc) is 3.28. The van der Waals surface area contributed by atoms with Gasteiger partial charge >= 0.3 is 0 Å². The number of aromatic nitrogens is 4. The largest absolute Gasteiger partial charge is 0.334 e. The summed E-state index contributed by atoms with van der Waals surface area (Å²) in [4.78, 5) is 28.5. The summed E-state index contributed by atoms with van der Waals surface area (Å²) in [5, 5.41) is 5.70. The number of nitrogens with zero attached hydrogens (tertiary/aromatic N) is 5. The van der Waals surface area contributed by atoms with Gasteiger partial charge in [-0.2, -0.15) is 4.52 Å². The fourth-order valence-electron chi connectivity index (χ4n) is 4.84. The summed E-state index contributed by atoms with van der Waals surface area (Å²) in [6.07, 6.45) is 3.34. The number of likely N-dealkylation sites (N-methyl/N-ethyl adjacent to an activating group) is 1. The maximum atomic E-state index is 13.1. The monoisotopic (exact) mass is 427 g/mol. The lowest BCUT2D eigenvalue weighted by Gasteiger charge is -2.33. The van der Waals surface area contributed by atoms with Gasteiger partial charge in [0.05, 0.1) is 38.6 Å². The molecule has 5 rings (SSSR count). The molecular weight excluding hydrogens is 396 g/mol. The van der Waals surface area contributed by atoms with Crippen LogP contribution >= 0.6 is 11.3 Å². The molecule has 3 aromatic rings. The number of nitrogens with one attached hydrogen (secondary N) is 1. The minimum atomic E-state index is -0.0596. The normalized spacial score (nSPS) is 20.8. The van der Waals surface area contributed by atoms with Crippen LogP contribution in [-0.4, -0.2) is 63.6 Å². The molecule has 3 aromatic heterocycles. The number of fused-ring (bicyclic) bond motifs is 5. The van der Waals surface area contributed by atoms with Crippen LogP contribution in [0.3, 0.4) is 0 Å². The summed E-state index contributed by atoms with van der Waals surface area (Å²) >= 11 is 1.80. The predicted octanol–water partition coefficient (Wildman–Crippen LogP) is 1.77. The summed E-state index contributed by atoms with van der Waals surface area (Å²) in [6.45, 7) is 12.4. The second-order valence-corrected chi connectivity index (χ2v) is 11.2. The molecule has 1 aliphatic heterocycles. The molecule has 0 bridgehead atoms. The van der Waals surface area contributed by atoms with E-state index in [2.05, 4.69) is 32.9 Å². The number of carbonyl (C=O) groups is 1. The first-order valence-electron chi connectivity index (χ1n) is 11.0. The third-order valence-corrected chi connectivity index (χ3v) is 8.12. The van der Waals surface area contributed by atoms with Crippen molar-refractivity contribution < 1.29 is 9.69 Å². The Morgan fingerprint density at radius 1 is 1.20 bits per heavy atom. The van der Waals surface area contributed by atoms with Gasteiger partial charge in [-0.1, -0.05) is 20.8 Å². The maximum absolute atomic E-state index is 13.1. The van der Waals surface area contributed by atoms with Crippen LogP contribution in [0.25, 0.3) is 15.9 Å². The minimum absolute atomic E-state index is 0.0596. The van der Waals surface area contributed by atoms with Crippen LogP contribution < -0.4 is 4.90 Å². The number of thiophene rings is 1. The highest BCUT2D eigenvalue weighted by Crippen LogP contribution is 2.43.